The summed E-state index contributed by atoms with van der Waals surface area (Å²) in [6.45, 7) is 6.77. The van der Waals surface area contributed by atoms with E-state index in [0.29, 0.717) is 6.04 Å². The van der Waals surface area contributed by atoms with Crippen LogP contribution >= 0.6 is 0 Å². The van der Waals surface area contributed by atoms with Crippen LogP contribution in [-0.2, 0) is 5.41 Å². The van der Waals surface area contributed by atoms with Crippen LogP contribution in [0.15, 0.2) is 42.5 Å². The molecule has 2 aromatic rings. The number of hydrogen-bond acceptors (Lipinski definition) is 2. The van der Waals surface area contributed by atoms with Crippen molar-refractivity contribution in [3.8, 4) is 5.75 Å². The molecule has 1 atom stereocenters. The number of benzene rings is 2. The smallest absolute Gasteiger partial charge is 0.119 e. The molecule has 3 rings (SSSR count). The van der Waals surface area contributed by atoms with E-state index < -0.39 is 0 Å². The molecule has 104 valence electrons. The van der Waals surface area contributed by atoms with E-state index in [9.17, 15) is 0 Å². The molecule has 0 spiro atoms. The molecule has 2 aromatic carbocycles. The number of methoxy groups -OCH3 is 1. The molecule has 1 aliphatic heterocycles. The zero-order valence-electron chi connectivity index (χ0n) is 12.5. The van der Waals surface area contributed by atoms with Crippen molar-refractivity contribution < 1.29 is 4.74 Å². The predicted molar refractivity (Wildman–Crippen MR) is 83.6 cm³/mol. The van der Waals surface area contributed by atoms with Gasteiger partial charge in [0.05, 0.1) is 13.2 Å². The highest BCUT2D eigenvalue weighted by molar-refractivity contribution is 5.65. The zero-order chi connectivity index (χ0) is 14.3. The van der Waals surface area contributed by atoms with E-state index in [2.05, 4.69) is 62.5 Å². The quantitative estimate of drug-likeness (QED) is 0.868. The largest absolute Gasteiger partial charge is 0.497 e. The summed E-state index contributed by atoms with van der Waals surface area (Å²) in [4.78, 5) is 0. The van der Waals surface area contributed by atoms with E-state index >= 15 is 0 Å². The van der Waals surface area contributed by atoms with Gasteiger partial charge < -0.3 is 10.1 Å². The van der Waals surface area contributed by atoms with Crippen LogP contribution in [-0.4, -0.2) is 7.11 Å². The van der Waals surface area contributed by atoms with Crippen molar-refractivity contribution in [3.63, 3.8) is 0 Å². The summed E-state index contributed by atoms with van der Waals surface area (Å²) >= 11 is 0. The van der Waals surface area contributed by atoms with Crippen LogP contribution in [0.25, 0.3) is 0 Å². The second-order valence-electron chi connectivity index (χ2n) is 6.07. The first-order valence-electron chi connectivity index (χ1n) is 7.04. The van der Waals surface area contributed by atoms with Gasteiger partial charge in [-0.15, -0.1) is 0 Å². The van der Waals surface area contributed by atoms with Crippen LogP contribution in [0.2, 0.25) is 0 Å². The molecule has 1 unspecified atom stereocenters. The Bertz CT molecular complexity index is 646. The van der Waals surface area contributed by atoms with E-state index in [1.165, 1.54) is 22.4 Å². The summed E-state index contributed by atoms with van der Waals surface area (Å²) in [5.41, 5.74) is 5.27. The molecule has 2 nitrogen and oxygen atoms in total. The van der Waals surface area contributed by atoms with Crippen LogP contribution < -0.4 is 10.1 Å². The van der Waals surface area contributed by atoms with Crippen LogP contribution in [0.5, 0.6) is 5.75 Å². The third-order valence-corrected chi connectivity index (χ3v) is 4.44. The van der Waals surface area contributed by atoms with Gasteiger partial charge in [-0.25, -0.2) is 0 Å². The van der Waals surface area contributed by atoms with Gasteiger partial charge in [-0.05, 0) is 41.8 Å². The molecule has 0 saturated heterocycles. The molecule has 0 radical (unpaired) electrons. The maximum absolute atomic E-state index is 5.37. The van der Waals surface area contributed by atoms with Gasteiger partial charge in [0, 0.05) is 11.1 Å². The third-order valence-electron chi connectivity index (χ3n) is 4.44. The Morgan fingerprint density at radius 2 is 1.85 bits per heavy atom. The fourth-order valence-corrected chi connectivity index (χ4v) is 3.18. The topological polar surface area (TPSA) is 21.3 Å². The van der Waals surface area contributed by atoms with Gasteiger partial charge in [0.15, 0.2) is 0 Å². The zero-order valence-corrected chi connectivity index (χ0v) is 12.5. The third kappa shape index (κ3) is 1.87. The number of nitrogens with one attached hydrogen (secondary N) is 1. The highest BCUT2D eigenvalue weighted by Crippen LogP contribution is 2.49. The molecule has 1 aliphatic rings. The summed E-state index contributed by atoms with van der Waals surface area (Å²) < 4.78 is 5.37. The first kappa shape index (κ1) is 13.0. The minimum Gasteiger partial charge on any atom is -0.497 e. The summed E-state index contributed by atoms with van der Waals surface area (Å²) in [6.07, 6.45) is 0. The molecule has 0 aromatic heterocycles. The number of ether oxygens (including phenoxy) is 1. The fraction of sp³-hybridized carbons (Fsp3) is 0.333. The summed E-state index contributed by atoms with van der Waals surface area (Å²) in [6, 6.07) is 15.2. The monoisotopic (exact) mass is 267 g/mol. The number of fused-ring (bicyclic) bond motifs is 1. The van der Waals surface area contributed by atoms with Crippen LogP contribution in [0.3, 0.4) is 0 Å². The maximum Gasteiger partial charge on any atom is 0.119 e. The van der Waals surface area contributed by atoms with E-state index in [0.717, 1.165) is 5.75 Å². The molecular weight excluding hydrogens is 246 g/mol. The molecule has 20 heavy (non-hydrogen) atoms. The van der Waals surface area contributed by atoms with E-state index in [1.54, 1.807) is 7.11 Å². The summed E-state index contributed by atoms with van der Waals surface area (Å²) in [7, 11) is 1.72. The lowest BCUT2D eigenvalue weighted by atomic mass is 9.77. The highest BCUT2D eigenvalue weighted by Gasteiger charge is 2.40. The maximum atomic E-state index is 5.37. The normalized spacial score (nSPS) is 19.3. The molecule has 2 heteroatoms. The summed E-state index contributed by atoms with van der Waals surface area (Å²) in [5, 5.41) is 3.68. The molecule has 1 heterocycles. The molecule has 0 saturated carbocycles. The van der Waals surface area contributed by atoms with Crippen molar-refractivity contribution in [3.05, 3.63) is 59.2 Å². The van der Waals surface area contributed by atoms with E-state index in [-0.39, 0.29) is 5.41 Å². The molecule has 0 bridgehead atoms. The molecular formula is C18H21NO. The van der Waals surface area contributed by atoms with Crippen molar-refractivity contribution in [2.24, 2.45) is 0 Å². The second-order valence-corrected chi connectivity index (χ2v) is 6.07. The van der Waals surface area contributed by atoms with Crippen molar-refractivity contribution in [1.29, 1.82) is 0 Å². The minimum absolute atomic E-state index is 0.0377. The Morgan fingerprint density at radius 1 is 1.10 bits per heavy atom. The van der Waals surface area contributed by atoms with Crippen molar-refractivity contribution in [1.82, 2.24) is 0 Å². The highest BCUT2D eigenvalue weighted by atomic mass is 16.5. The van der Waals surface area contributed by atoms with E-state index in [4.69, 9.17) is 4.74 Å². The van der Waals surface area contributed by atoms with Crippen molar-refractivity contribution in [2.45, 2.75) is 32.2 Å². The fourth-order valence-electron chi connectivity index (χ4n) is 3.18. The molecule has 0 fully saturated rings. The molecule has 0 aliphatic carbocycles. The molecule has 1 N–H and O–H groups in total. The Kier molecular flexibility index (Phi) is 2.97. The number of aryl methyl sites for hydroxylation is 1. The van der Waals surface area contributed by atoms with E-state index in [1.807, 2.05) is 6.07 Å². The lowest BCUT2D eigenvalue weighted by Gasteiger charge is -2.29. The van der Waals surface area contributed by atoms with Crippen LogP contribution in [0, 0.1) is 6.92 Å². The Labute approximate surface area is 120 Å². The standard InChI is InChI=1S/C18H21NO/c1-12-7-5-6-8-14(12)17-18(2,3)15-11-13(20-4)9-10-16(15)19-17/h5-11,17,19H,1-4H3. The predicted octanol–water partition coefficient (Wildman–Crippen LogP) is 4.45. The molecule has 0 amide bonds. The Balaban J connectivity index is 2.08. The first-order valence-corrected chi connectivity index (χ1v) is 7.04. The van der Waals surface area contributed by atoms with Gasteiger partial charge in [-0.1, -0.05) is 38.1 Å². The van der Waals surface area contributed by atoms with Gasteiger partial charge in [-0.2, -0.15) is 0 Å². The number of rotatable bonds is 2. The summed E-state index contributed by atoms with van der Waals surface area (Å²) in [5.74, 6) is 0.920. The average molecular weight is 267 g/mol. The lowest BCUT2D eigenvalue weighted by Crippen LogP contribution is -2.25. The first-order chi connectivity index (χ1) is 9.54. The van der Waals surface area contributed by atoms with Gasteiger partial charge in [0.1, 0.15) is 5.75 Å². The Hall–Kier alpha value is -1.96. The SMILES string of the molecule is COc1ccc2c(c1)C(C)(C)C(c1ccccc1C)N2. The van der Waals surface area contributed by atoms with Gasteiger partial charge in [0.2, 0.25) is 0 Å². The van der Waals surface area contributed by atoms with Crippen molar-refractivity contribution in [2.75, 3.05) is 12.4 Å². The van der Waals surface area contributed by atoms with Crippen LogP contribution in [0.1, 0.15) is 36.6 Å². The minimum atomic E-state index is 0.0377. The second kappa shape index (κ2) is 4.55. The number of anilines is 1. The van der Waals surface area contributed by atoms with Gasteiger partial charge in [-0.3, -0.25) is 0 Å². The van der Waals surface area contributed by atoms with Crippen LogP contribution in [0.4, 0.5) is 5.69 Å². The van der Waals surface area contributed by atoms with Crippen molar-refractivity contribution >= 4 is 5.69 Å². The van der Waals surface area contributed by atoms with Gasteiger partial charge in [0.25, 0.3) is 0 Å². The van der Waals surface area contributed by atoms with Gasteiger partial charge >= 0.3 is 0 Å². The lowest BCUT2D eigenvalue weighted by molar-refractivity contribution is 0.411. The average Bonchev–Trinajstić information content (AvgIpc) is 2.71. The Morgan fingerprint density at radius 3 is 2.55 bits per heavy atom. The number of hydrogen-bond donors (Lipinski definition) is 1.